The molecule has 3 heteroatoms. The summed E-state index contributed by atoms with van der Waals surface area (Å²) in [5.74, 6) is 0. The molecule has 1 aromatic carbocycles. The minimum Gasteiger partial charge on any atom is -0.396 e. The van der Waals surface area contributed by atoms with Crippen LogP contribution in [-0.4, -0.2) is 22.7 Å². The molecule has 0 aliphatic heterocycles. The van der Waals surface area contributed by atoms with E-state index in [4.69, 9.17) is 5.11 Å². The van der Waals surface area contributed by atoms with Crippen molar-refractivity contribution in [3.8, 4) is 11.1 Å². The van der Waals surface area contributed by atoms with Crippen molar-refractivity contribution in [2.24, 2.45) is 0 Å². The average molecular weight is 270 g/mol. The lowest BCUT2D eigenvalue weighted by Gasteiger charge is -2.13. The molecule has 0 saturated carbocycles. The number of pyridine rings is 1. The van der Waals surface area contributed by atoms with Crippen molar-refractivity contribution in [2.75, 3.05) is 6.61 Å². The van der Waals surface area contributed by atoms with Crippen LogP contribution < -0.4 is 5.32 Å². The van der Waals surface area contributed by atoms with Crippen LogP contribution in [0.1, 0.15) is 25.3 Å². The van der Waals surface area contributed by atoms with E-state index in [0.29, 0.717) is 6.04 Å². The molecule has 1 aromatic heterocycles. The van der Waals surface area contributed by atoms with Gasteiger partial charge in [-0.2, -0.15) is 0 Å². The molecule has 3 nitrogen and oxygen atoms in total. The predicted octanol–water partition coefficient (Wildman–Crippen LogP) is 3.00. The first-order valence-electron chi connectivity index (χ1n) is 7.13. The zero-order valence-electron chi connectivity index (χ0n) is 11.9. The van der Waals surface area contributed by atoms with Crippen LogP contribution >= 0.6 is 0 Å². The standard InChI is InChI=1S/C17H22N2O/c1-14(4-3-11-20)19-13-15-5-2-6-17(12-15)16-7-9-18-10-8-16/h2,5-10,12,14,19-20H,3-4,11,13H2,1H3. The number of aliphatic hydroxyl groups is 1. The zero-order valence-corrected chi connectivity index (χ0v) is 11.9. The maximum absolute atomic E-state index is 8.83. The topological polar surface area (TPSA) is 45.1 Å². The largest absolute Gasteiger partial charge is 0.396 e. The van der Waals surface area contributed by atoms with E-state index in [1.807, 2.05) is 24.5 Å². The average Bonchev–Trinajstić information content (AvgIpc) is 2.52. The molecule has 1 unspecified atom stereocenters. The Kier molecular flexibility index (Phi) is 5.71. The highest BCUT2D eigenvalue weighted by Crippen LogP contribution is 2.19. The summed E-state index contributed by atoms with van der Waals surface area (Å²) < 4.78 is 0. The van der Waals surface area contributed by atoms with Gasteiger partial charge >= 0.3 is 0 Å². The van der Waals surface area contributed by atoms with Gasteiger partial charge in [-0.05, 0) is 54.7 Å². The van der Waals surface area contributed by atoms with Crippen LogP contribution in [0.2, 0.25) is 0 Å². The quantitative estimate of drug-likeness (QED) is 0.813. The van der Waals surface area contributed by atoms with Gasteiger partial charge in [0.15, 0.2) is 0 Å². The van der Waals surface area contributed by atoms with E-state index < -0.39 is 0 Å². The molecular formula is C17H22N2O. The van der Waals surface area contributed by atoms with E-state index in [-0.39, 0.29) is 6.61 Å². The molecule has 20 heavy (non-hydrogen) atoms. The molecule has 2 rings (SSSR count). The highest BCUT2D eigenvalue weighted by atomic mass is 16.2. The van der Waals surface area contributed by atoms with E-state index >= 15 is 0 Å². The fourth-order valence-electron chi connectivity index (χ4n) is 2.20. The summed E-state index contributed by atoms with van der Waals surface area (Å²) in [5, 5.41) is 12.3. The molecule has 2 N–H and O–H groups in total. The SMILES string of the molecule is CC(CCCO)NCc1cccc(-c2ccncc2)c1. The molecule has 0 amide bonds. The molecular weight excluding hydrogens is 248 g/mol. The first kappa shape index (κ1) is 14.7. The van der Waals surface area contributed by atoms with Crippen molar-refractivity contribution in [2.45, 2.75) is 32.4 Å². The molecule has 0 spiro atoms. The Morgan fingerprint density at radius 3 is 2.70 bits per heavy atom. The molecule has 1 heterocycles. The second kappa shape index (κ2) is 7.78. The van der Waals surface area contributed by atoms with E-state index in [9.17, 15) is 0 Å². The number of hydrogen-bond acceptors (Lipinski definition) is 3. The van der Waals surface area contributed by atoms with Crippen molar-refractivity contribution < 1.29 is 5.11 Å². The molecule has 2 aromatic rings. The van der Waals surface area contributed by atoms with Gasteiger partial charge in [-0.3, -0.25) is 4.98 Å². The van der Waals surface area contributed by atoms with Crippen LogP contribution in [0.25, 0.3) is 11.1 Å². The number of hydrogen-bond donors (Lipinski definition) is 2. The Morgan fingerprint density at radius 2 is 1.95 bits per heavy atom. The van der Waals surface area contributed by atoms with Crippen molar-refractivity contribution in [3.05, 3.63) is 54.4 Å². The maximum atomic E-state index is 8.83. The van der Waals surface area contributed by atoms with Crippen LogP contribution in [0.5, 0.6) is 0 Å². The summed E-state index contributed by atoms with van der Waals surface area (Å²) in [7, 11) is 0. The van der Waals surface area contributed by atoms with Gasteiger partial charge in [-0.1, -0.05) is 18.2 Å². The second-order valence-corrected chi connectivity index (χ2v) is 5.08. The van der Waals surface area contributed by atoms with Gasteiger partial charge in [0, 0.05) is 31.6 Å². The summed E-state index contributed by atoms with van der Waals surface area (Å²) in [6.07, 6.45) is 5.49. The molecule has 0 saturated heterocycles. The predicted molar refractivity (Wildman–Crippen MR) is 82.3 cm³/mol. The van der Waals surface area contributed by atoms with Gasteiger partial charge in [0.2, 0.25) is 0 Å². The molecule has 0 aliphatic rings. The van der Waals surface area contributed by atoms with Crippen molar-refractivity contribution in [1.29, 1.82) is 0 Å². The summed E-state index contributed by atoms with van der Waals surface area (Å²) in [6, 6.07) is 13.0. The fourth-order valence-corrected chi connectivity index (χ4v) is 2.20. The van der Waals surface area contributed by atoms with E-state index in [1.165, 1.54) is 16.7 Å². The minimum absolute atomic E-state index is 0.267. The normalized spacial score (nSPS) is 12.3. The van der Waals surface area contributed by atoms with E-state index in [0.717, 1.165) is 19.4 Å². The first-order chi connectivity index (χ1) is 9.79. The van der Waals surface area contributed by atoms with Crippen LogP contribution in [0.4, 0.5) is 0 Å². The Hall–Kier alpha value is -1.71. The number of aliphatic hydroxyl groups excluding tert-OH is 1. The van der Waals surface area contributed by atoms with Crippen LogP contribution in [-0.2, 0) is 6.54 Å². The summed E-state index contributed by atoms with van der Waals surface area (Å²) >= 11 is 0. The summed E-state index contributed by atoms with van der Waals surface area (Å²) in [6.45, 7) is 3.28. The number of rotatable bonds is 7. The number of benzene rings is 1. The summed E-state index contributed by atoms with van der Waals surface area (Å²) in [4.78, 5) is 4.05. The van der Waals surface area contributed by atoms with Gasteiger partial charge in [0.1, 0.15) is 0 Å². The Labute approximate surface area is 120 Å². The monoisotopic (exact) mass is 270 g/mol. The lowest BCUT2D eigenvalue weighted by atomic mass is 10.0. The molecule has 1 atom stereocenters. The lowest BCUT2D eigenvalue weighted by Crippen LogP contribution is -2.25. The van der Waals surface area contributed by atoms with Crippen LogP contribution in [0.15, 0.2) is 48.8 Å². The maximum Gasteiger partial charge on any atom is 0.0431 e. The molecule has 0 aliphatic carbocycles. The Morgan fingerprint density at radius 1 is 1.15 bits per heavy atom. The third-order valence-corrected chi connectivity index (χ3v) is 3.39. The number of aromatic nitrogens is 1. The van der Waals surface area contributed by atoms with Gasteiger partial charge in [0.25, 0.3) is 0 Å². The molecule has 106 valence electrons. The number of nitrogens with zero attached hydrogens (tertiary/aromatic N) is 1. The molecule has 0 fully saturated rings. The van der Waals surface area contributed by atoms with E-state index in [1.54, 1.807) is 0 Å². The Bertz CT molecular complexity index is 513. The smallest absolute Gasteiger partial charge is 0.0431 e. The van der Waals surface area contributed by atoms with Crippen molar-refractivity contribution in [1.82, 2.24) is 10.3 Å². The minimum atomic E-state index is 0.267. The number of nitrogens with one attached hydrogen (secondary N) is 1. The molecule has 0 bridgehead atoms. The zero-order chi connectivity index (χ0) is 14.2. The van der Waals surface area contributed by atoms with Crippen LogP contribution in [0.3, 0.4) is 0 Å². The van der Waals surface area contributed by atoms with Gasteiger partial charge in [-0.25, -0.2) is 0 Å². The third-order valence-electron chi connectivity index (χ3n) is 3.39. The highest BCUT2D eigenvalue weighted by molar-refractivity contribution is 5.63. The van der Waals surface area contributed by atoms with Crippen LogP contribution in [0, 0.1) is 0 Å². The lowest BCUT2D eigenvalue weighted by molar-refractivity contribution is 0.276. The molecule has 0 radical (unpaired) electrons. The van der Waals surface area contributed by atoms with Crippen molar-refractivity contribution in [3.63, 3.8) is 0 Å². The Balaban J connectivity index is 1.96. The summed E-state index contributed by atoms with van der Waals surface area (Å²) in [5.41, 5.74) is 3.68. The van der Waals surface area contributed by atoms with Gasteiger partial charge in [-0.15, -0.1) is 0 Å². The van der Waals surface area contributed by atoms with Gasteiger partial charge < -0.3 is 10.4 Å². The second-order valence-electron chi connectivity index (χ2n) is 5.08. The van der Waals surface area contributed by atoms with Crippen molar-refractivity contribution >= 4 is 0 Å². The first-order valence-corrected chi connectivity index (χ1v) is 7.13. The van der Waals surface area contributed by atoms with E-state index in [2.05, 4.69) is 41.5 Å². The highest BCUT2D eigenvalue weighted by Gasteiger charge is 2.02. The fraction of sp³-hybridized carbons (Fsp3) is 0.353. The van der Waals surface area contributed by atoms with Gasteiger partial charge in [0.05, 0.1) is 0 Å². The third kappa shape index (κ3) is 4.44.